The summed E-state index contributed by atoms with van der Waals surface area (Å²) in [4.78, 5) is 9.17. The third-order valence-electron chi connectivity index (χ3n) is 4.99. The first-order valence-corrected chi connectivity index (χ1v) is 9.79. The summed E-state index contributed by atoms with van der Waals surface area (Å²) in [7, 11) is 2.02. The molecule has 1 aliphatic carbocycles. The van der Waals surface area contributed by atoms with Crippen molar-refractivity contribution < 1.29 is 4.79 Å². The van der Waals surface area contributed by atoms with Crippen LogP contribution in [-0.4, -0.2) is 25.9 Å². The number of hydrogen-bond donors (Lipinski definition) is 3. The summed E-state index contributed by atoms with van der Waals surface area (Å²) < 4.78 is 0. The number of carbonyl (C=O) groups is 1. The summed E-state index contributed by atoms with van der Waals surface area (Å²) in [5.41, 5.74) is 4.94. The third-order valence-corrected chi connectivity index (χ3v) is 4.99. The van der Waals surface area contributed by atoms with Gasteiger partial charge >= 0.3 is 0 Å². The summed E-state index contributed by atoms with van der Waals surface area (Å²) in [6.45, 7) is 6.91. The lowest BCUT2D eigenvalue weighted by atomic mass is 9.93. The van der Waals surface area contributed by atoms with Crippen LogP contribution in [0.15, 0.2) is 53.9 Å². The number of rotatable bonds is 6. The third kappa shape index (κ3) is 5.46. The zero-order chi connectivity index (χ0) is 18.8. The standard InChI is InChI=1S/C19H27N3.C3H6O/c1-14-18(19(20-2)15-9-5-3-6-10-15)17(13-21-14)22-16-11-7-4-8-12-16;1-2-3-4/h3,5-6,9-10,16,19-22H,1,4,7-8,11-13H2,2H3;3H,2H2,1H3. The molecule has 4 nitrogen and oxygen atoms in total. The van der Waals surface area contributed by atoms with Crippen LogP contribution < -0.4 is 16.0 Å². The Morgan fingerprint density at radius 3 is 2.46 bits per heavy atom. The molecule has 4 heteroatoms. The highest BCUT2D eigenvalue weighted by Gasteiger charge is 2.27. The summed E-state index contributed by atoms with van der Waals surface area (Å²) in [5, 5.41) is 10.7. The van der Waals surface area contributed by atoms with E-state index in [4.69, 9.17) is 0 Å². The van der Waals surface area contributed by atoms with Gasteiger partial charge in [0.1, 0.15) is 6.29 Å². The first-order chi connectivity index (χ1) is 12.7. The fraction of sp³-hybridized carbons (Fsp3) is 0.500. The second-order valence-corrected chi connectivity index (χ2v) is 6.91. The van der Waals surface area contributed by atoms with E-state index >= 15 is 0 Å². The maximum Gasteiger partial charge on any atom is 0.119 e. The highest BCUT2D eigenvalue weighted by Crippen LogP contribution is 2.31. The van der Waals surface area contributed by atoms with Crippen LogP contribution in [0.5, 0.6) is 0 Å². The summed E-state index contributed by atoms with van der Waals surface area (Å²) in [6.07, 6.45) is 8.18. The van der Waals surface area contributed by atoms with Crippen LogP contribution in [0.2, 0.25) is 0 Å². The van der Waals surface area contributed by atoms with Crippen LogP contribution in [0.1, 0.15) is 57.1 Å². The van der Waals surface area contributed by atoms with Gasteiger partial charge < -0.3 is 20.7 Å². The SMILES string of the molecule is C=C1NCC(NC2CCCCC2)=C1C(NC)c1ccccc1.CCC=O. The molecule has 1 heterocycles. The van der Waals surface area contributed by atoms with E-state index in [9.17, 15) is 4.79 Å². The van der Waals surface area contributed by atoms with Crippen LogP contribution in [0.25, 0.3) is 0 Å². The fourth-order valence-corrected chi connectivity index (χ4v) is 3.66. The van der Waals surface area contributed by atoms with Gasteiger partial charge in [0.25, 0.3) is 0 Å². The van der Waals surface area contributed by atoms with Crippen LogP contribution >= 0.6 is 0 Å². The van der Waals surface area contributed by atoms with Gasteiger partial charge in [-0.1, -0.05) is 63.1 Å². The summed E-state index contributed by atoms with van der Waals surface area (Å²) in [5.74, 6) is 0. The van der Waals surface area contributed by atoms with Gasteiger partial charge in [0.15, 0.2) is 0 Å². The van der Waals surface area contributed by atoms with Crippen LogP contribution in [0.4, 0.5) is 0 Å². The van der Waals surface area contributed by atoms with Crippen molar-refractivity contribution in [3.05, 3.63) is 59.4 Å². The van der Waals surface area contributed by atoms with Crippen LogP contribution in [-0.2, 0) is 4.79 Å². The van der Waals surface area contributed by atoms with Gasteiger partial charge in [-0.2, -0.15) is 0 Å². The van der Waals surface area contributed by atoms with Crippen molar-refractivity contribution in [1.82, 2.24) is 16.0 Å². The van der Waals surface area contributed by atoms with E-state index in [1.54, 1.807) is 0 Å². The van der Waals surface area contributed by atoms with Crippen molar-refractivity contribution in [2.24, 2.45) is 0 Å². The van der Waals surface area contributed by atoms with Gasteiger partial charge in [-0.25, -0.2) is 0 Å². The molecule has 0 radical (unpaired) electrons. The molecule has 2 aliphatic rings. The summed E-state index contributed by atoms with van der Waals surface area (Å²) in [6, 6.07) is 11.4. The molecule has 0 bridgehead atoms. The smallest absolute Gasteiger partial charge is 0.119 e. The van der Waals surface area contributed by atoms with Crippen molar-refractivity contribution >= 4 is 6.29 Å². The van der Waals surface area contributed by atoms with E-state index in [1.807, 2.05) is 14.0 Å². The second-order valence-electron chi connectivity index (χ2n) is 6.91. The van der Waals surface area contributed by atoms with Gasteiger partial charge in [0.2, 0.25) is 0 Å². The predicted octanol–water partition coefficient (Wildman–Crippen LogP) is 3.84. The molecule has 142 valence electrons. The van der Waals surface area contributed by atoms with E-state index in [2.05, 4.69) is 52.9 Å². The second kappa shape index (κ2) is 10.8. The first kappa shape index (κ1) is 20.2. The minimum atomic E-state index is 0.190. The molecule has 1 saturated carbocycles. The van der Waals surface area contributed by atoms with Gasteiger partial charge in [-0.05, 0) is 25.5 Å². The highest BCUT2D eigenvalue weighted by molar-refractivity contribution is 5.48. The van der Waals surface area contributed by atoms with Crippen LogP contribution in [0.3, 0.4) is 0 Å². The monoisotopic (exact) mass is 355 g/mol. The molecule has 1 aromatic rings. The van der Waals surface area contributed by atoms with E-state index in [-0.39, 0.29) is 6.04 Å². The quantitative estimate of drug-likeness (QED) is 0.679. The van der Waals surface area contributed by atoms with E-state index in [1.165, 1.54) is 48.9 Å². The zero-order valence-electron chi connectivity index (χ0n) is 16.2. The molecule has 1 atom stereocenters. The van der Waals surface area contributed by atoms with Gasteiger partial charge in [0, 0.05) is 29.4 Å². The minimum Gasteiger partial charge on any atom is -0.384 e. The largest absolute Gasteiger partial charge is 0.384 e. The molecule has 1 aromatic carbocycles. The molecular weight excluding hydrogens is 322 g/mol. The fourth-order valence-electron chi connectivity index (χ4n) is 3.66. The Labute approximate surface area is 158 Å². The Bertz CT molecular complexity index is 603. The van der Waals surface area contributed by atoms with Gasteiger partial charge in [0.05, 0.1) is 12.6 Å². The van der Waals surface area contributed by atoms with Crippen molar-refractivity contribution in [3.8, 4) is 0 Å². The molecule has 3 N–H and O–H groups in total. The lowest BCUT2D eigenvalue weighted by Gasteiger charge is -2.26. The molecule has 1 aliphatic heterocycles. The molecule has 0 saturated heterocycles. The van der Waals surface area contributed by atoms with Crippen molar-refractivity contribution in [2.45, 2.75) is 57.5 Å². The molecule has 0 aromatic heterocycles. The van der Waals surface area contributed by atoms with Gasteiger partial charge in [-0.3, -0.25) is 0 Å². The van der Waals surface area contributed by atoms with E-state index < -0.39 is 0 Å². The molecular formula is C22H33N3O. The number of carbonyl (C=O) groups excluding carboxylic acids is 1. The number of hydrogen-bond acceptors (Lipinski definition) is 4. The number of benzene rings is 1. The Kier molecular flexibility index (Phi) is 8.42. The molecule has 0 amide bonds. The highest BCUT2D eigenvalue weighted by atomic mass is 16.1. The molecule has 3 rings (SSSR count). The normalized spacial score (nSPS) is 18.6. The maximum absolute atomic E-state index is 9.17. The molecule has 26 heavy (non-hydrogen) atoms. The predicted molar refractivity (Wildman–Crippen MR) is 109 cm³/mol. The Morgan fingerprint density at radius 1 is 1.23 bits per heavy atom. The Morgan fingerprint density at radius 2 is 1.88 bits per heavy atom. The van der Waals surface area contributed by atoms with E-state index in [0.29, 0.717) is 12.5 Å². The van der Waals surface area contributed by atoms with Crippen molar-refractivity contribution in [3.63, 3.8) is 0 Å². The molecule has 1 unspecified atom stereocenters. The average molecular weight is 356 g/mol. The number of aldehydes is 1. The van der Waals surface area contributed by atoms with Crippen molar-refractivity contribution in [1.29, 1.82) is 0 Å². The van der Waals surface area contributed by atoms with Gasteiger partial charge in [-0.15, -0.1) is 0 Å². The first-order valence-electron chi connectivity index (χ1n) is 9.79. The lowest BCUT2D eigenvalue weighted by Crippen LogP contribution is -2.33. The molecule has 1 fully saturated rings. The van der Waals surface area contributed by atoms with E-state index in [0.717, 1.165) is 18.5 Å². The Hall–Kier alpha value is -2.07. The minimum absolute atomic E-state index is 0.190. The van der Waals surface area contributed by atoms with Crippen LogP contribution in [0, 0.1) is 0 Å². The number of nitrogens with one attached hydrogen (secondary N) is 3. The lowest BCUT2D eigenvalue weighted by molar-refractivity contribution is -0.107. The summed E-state index contributed by atoms with van der Waals surface area (Å²) >= 11 is 0. The topological polar surface area (TPSA) is 53.2 Å². The Balaban J connectivity index is 0.000000552. The molecule has 0 spiro atoms. The zero-order valence-corrected chi connectivity index (χ0v) is 16.2. The maximum atomic E-state index is 9.17. The van der Waals surface area contributed by atoms with Crippen molar-refractivity contribution in [2.75, 3.05) is 13.6 Å². The number of likely N-dealkylation sites (N-methyl/N-ethyl adjacent to an activating group) is 1. The average Bonchev–Trinajstić information content (AvgIpc) is 3.05.